The Labute approximate surface area is 85.8 Å². The molecule has 0 spiro atoms. The molecule has 1 aliphatic rings. The second-order valence-corrected chi connectivity index (χ2v) is 4.23. The van der Waals surface area contributed by atoms with Crippen LogP contribution in [-0.2, 0) is 6.42 Å². The second kappa shape index (κ2) is 3.49. The molecule has 1 aromatic carbocycles. The van der Waals surface area contributed by atoms with Crippen molar-refractivity contribution in [2.45, 2.75) is 26.2 Å². The molecule has 2 rings (SSSR count). The fraction of sp³-hybridized carbons (Fsp3) is 0.385. The number of hydrogen-bond acceptors (Lipinski definition) is 1. The predicted octanol–water partition coefficient (Wildman–Crippen LogP) is 2.93. The van der Waals surface area contributed by atoms with Gasteiger partial charge < -0.3 is 5.32 Å². The number of hydrogen-bond donors (Lipinski definition) is 1. The molecule has 1 aromatic rings. The van der Waals surface area contributed by atoms with E-state index in [1.165, 1.54) is 16.7 Å². The van der Waals surface area contributed by atoms with Crippen LogP contribution in [0.5, 0.6) is 0 Å². The molecule has 1 nitrogen and oxygen atoms in total. The molecule has 0 radical (unpaired) electrons. The van der Waals surface area contributed by atoms with E-state index in [-0.39, 0.29) is 0 Å². The lowest BCUT2D eigenvalue weighted by Crippen LogP contribution is -2.22. The van der Waals surface area contributed by atoms with E-state index in [1.807, 2.05) is 0 Å². The Hall–Kier alpha value is -1.24. The van der Waals surface area contributed by atoms with Crippen LogP contribution in [0.4, 0.5) is 0 Å². The van der Waals surface area contributed by atoms with Crippen molar-refractivity contribution in [1.82, 2.24) is 5.32 Å². The summed E-state index contributed by atoms with van der Waals surface area (Å²) in [4.78, 5) is 0. The predicted molar refractivity (Wildman–Crippen MR) is 61.3 cm³/mol. The quantitative estimate of drug-likeness (QED) is 0.712. The summed E-state index contributed by atoms with van der Waals surface area (Å²) < 4.78 is 0. The minimum Gasteiger partial charge on any atom is -0.385 e. The minimum absolute atomic E-state index is 0.593. The largest absolute Gasteiger partial charge is 0.385 e. The van der Waals surface area contributed by atoms with Crippen molar-refractivity contribution in [2.75, 3.05) is 6.54 Å². The molecule has 74 valence electrons. The third-order valence-electron chi connectivity index (χ3n) is 2.86. The van der Waals surface area contributed by atoms with Gasteiger partial charge in [0.15, 0.2) is 0 Å². The van der Waals surface area contributed by atoms with Crippen molar-refractivity contribution in [1.29, 1.82) is 0 Å². The van der Waals surface area contributed by atoms with Crippen LogP contribution >= 0.6 is 0 Å². The number of rotatable bonds is 1. The van der Waals surface area contributed by atoms with Gasteiger partial charge in [0.2, 0.25) is 0 Å². The highest BCUT2D eigenvalue weighted by atomic mass is 14.9. The summed E-state index contributed by atoms with van der Waals surface area (Å²) in [6.07, 6.45) is 1.12. The van der Waals surface area contributed by atoms with Gasteiger partial charge in [-0.25, -0.2) is 0 Å². The van der Waals surface area contributed by atoms with E-state index in [0.29, 0.717) is 5.92 Å². The fourth-order valence-electron chi connectivity index (χ4n) is 1.90. The first-order chi connectivity index (χ1) is 6.68. The summed E-state index contributed by atoms with van der Waals surface area (Å²) in [5, 5.41) is 3.31. The van der Waals surface area contributed by atoms with E-state index in [4.69, 9.17) is 0 Å². The Kier molecular flexibility index (Phi) is 2.32. The van der Waals surface area contributed by atoms with E-state index in [0.717, 1.165) is 18.7 Å². The van der Waals surface area contributed by atoms with E-state index < -0.39 is 0 Å². The highest BCUT2D eigenvalue weighted by Gasteiger charge is 2.12. The molecule has 0 saturated heterocycles. The van der Waals surface area contributed by atoms with Crippen LogP contribution in [-0.4, -0.2) is 6.54 Å². The molecule has 0 fully saturated rings. The monoisotopic (exact) mass is 187 g/mol. The Bertz CT molecular complexity index is 363. The first-order valence-electron chi connectivity index (χ1n) is 5.24. The van der Waals surface area contributed by atoms with Gasteiger partial charge in [0.05, 0.1) is 0 Å². The molecule has 0 bridgehead atoms. The lowest BCUT2D eigenvalue weighted by molar-refractivity contribution is 0.807. The average Bonchev–Trinajstić information content (AvgIpc) is 2.18. The Balaban J connectivity index is 2.46. The first kappa shape index (κ1) is 9.32. The summed E-state index contributed by atoms with van der Waals surface area (Å²) in [5.74, 6) is 0.593. The van der Waals surface area contributed by atoms with Crippen LogP contribution in [0.3, 0.4) is 0 Å². The highest BCUT2D eigenvalue weighted by molar-refractivity contribution is 5.67. The minimum atomic E-state index is 0.593. The molecule has 1 heteroatoms. The van der Waals surface area contributed by atoms with Gasteiger partial charge >= 0.3 is 0 Å². The Morgan fingerprint density at radius 3 is 2.86 bits per heavy atom. The molecule has 0 atom stereocenters. The van der Waals surface area contributed by atoms with Crippen molar-refractivity contribution in [3.8, 4) is 0 Å². The second-order valence-electron chi connectivity index (χ2n) is 4.23. The molecule has 0 unspecified atom stereocenters. The molecular weight excluding hydrogens is 170 g/mol. The van der Waals surface area contributed by atoms with Gasteiger partial charge in [0.25, 0.3) is 0 Å². The molecule has 14 heavy (non-hydrogen) atoms. The number of benzene rings is 1. The number of nitrogens with one attached hydrogen (secondary N) is 1. The van der Waals surface area contributed by atoms with E-state index in [9.17, 15) is 0 Å². The maximum Gasteiger partial charge on any atom is 0.0343 e. The van der Waals surface area contributed by atoms with Gasteiger partial charge in [-0.3, -0.25) is 0 Å². The lowest BCUT2D eigenvalue weighted by atomic mass is 9.93. The molecular formula is C13H17N. The third kappa shape index (κ3) is 1.54. The Morgan fingerprint density at radius 2 is 2.14 bits per heavy atom. The van der Waals surface area contributed by atoms with Crippen molar-refractivity contribution in [3.63, 3.8) is 0 Å². The van der Waals surface area contributed by atoms with Gasteiger partial charge in [-0.1, -0.05) is 32.6 Å². The average molecular weight is 187 g/mol. The van der Waals surface area contributed by atoms with Gasteiger partial charge in [0.1, 0.15) is 0 Å². The maximum absolute atomic E-state index is 4.04. The summed E-state index contributed by atoms with van der Waals surface area (Å²) in [6.45, 7) is 9.51. The van der Waals surface area contributed by atoms with E-state index in [1.54, 1.807) is 0 Å². The molecule has 1 aliphatic heterocycles. The van der Waals surface area contributed by atoms with Crippen molar-refractivity contribution < 1.29 is 0 Å². The maximum atomic E-state index is 4.04. The normalized spacial score (nSPS) is 15.2. The zero-order chi connectivity index (χ0) is 10.1. The standard InChI is InChI=1S/C13H17N/c1-9(2)12-5-4-11-6-7-14-10(3)13(11)8-12/h4-5,8-9,14H,3,6-7H2,1-2H3. The van der Waals surface area contributed by atoms with Crippen LogP contribution in [0.15, 0.2) is 24.8 Å². The summed E-state index contributed by atoms with van der Waals surface area (Å²) in [6, 6.07) is 6.76. The van der Waals surface area contributed by atoms with Crippen LogP contribution in [0, 0.1) is 0 Å². The Morgan fingerprint density at radius 1 is 1.36 bits per heavy atom. The fourth-order valence-corrected chi connectivity index (χ4v) is 1.90. The molecule has 1 N–H and O–H groups in total. The molecule has 0 aromatic heterocycles. The van der Waals surface area contributed by atoms with Crippen LogP contribution in [0.25, 0.3) is 5.70 Å². The van der Waals surface area contributed by atoms with Crippen LogP contribution in [0.2, 0.25) is 0 Å². The zero-order valence-electron chi connectivity index (χ0n) is 8.93. The van der Waals surface area contributed by atoms with Gasteiger partial charge in [0, 0.05) is 17.8 Å². The first-order valence-corrected chi connectivity index (χ1v) is 5.24. The summed E-state index contributed by atoms with van der Waals surface area (Å²) >= 11 is 0. The van der Waals surface area contributed by atoms with Crippen LogP contribution in [0.1, 0.15) is 36.5 Å². The van der Waals surface area contributed by atoms with Crippen molar-refractivity contribution >= 4 is 5.70 Å². The SMILES string of the molecule is C=C1NCCc2ccc(C(C)C)cc21. The van der Waals surface area contributed by atoms with Crippen LogP contribution < -0.4 is 5.32 Å². The summed E-state index contributed by atoms with van der Waals surface area (Å²) in [5.41, 5.74) is 5.21. The molecule has 0 amide bonds. The smallest absolute Gasteiger partial charge is 0.0343 e. The number of fused-ring (bicyclic) bond motifs is 1. The zero-order valence-corrected chi connectivity index (χ0v) is 8.93. The van der Waals surface area contributed by atoms with E-state index >= 15 is 0 Å². The molecule has 0 aliphatic carbocycles. The van der Waals surface area contributed by atoms with Gasteiger partial charge in [-0.05, 0) is 29.5 Å². The topological polar surface area (TPSA) is 12.0 Å². The van der Waals surface area contributed by atoms with Crippen molar-refractivity contribution in [3.05, 3.63) is 41.5 Å². The van der Waals surface area contributed by atoms with E-state index in [2.05, 4.69) is 43.9 Å². The molecule has 1 heterocycles. The van der Waals surface area contributed by atoms with Crippen molar-refractivity contribution in [2.24, 2.45) is 0 Å². The van der Waals surface area contributed by atoms with Gasteiger partial charge in [-0.2, -0.15) is 0 Å². The van der Waals surface area contributed by atoms with Gasteiger partial charge in [-0.15, -0.1) is 0 Å². The highest BCUT2D eigenvalue weighted by Crippen LogP contribution is 2.25. The molecule has 0 saturated carbocycles. The summed E-state index contributed by atoms with van der Waals surface area (Å²) in [7, 11) is 0. The lowest BCUT2D eigenvalue weighted by Gasteiger charge is -2.21. The third-order valence-corrected chi connectivity index (χ3v) is 2.86.